The number of carbonyl (C=O) groups excluding carboxylic acids is 1. The highest BCUT2D eigenvalue weighted by Gasteiger charge is 2.18. The van der Waals surface area contributed by atoms with Crippen molar-refractivity contribution in [3.8, 4) is 5.75 Å². The van der Waals surface area contributed by atoms with Gasteiger partial charge in [0.05, 0.1) is 17.7 Å². The van der Waals surface area contributed by atoms with Crippen molar-refractivity contribution < 1.29 is 17.9 Å². The van der Waals surface area contributed by atoms with Gasteiger partial charge in [-0.1, -0.05) is 24.3 Å². The maximum atomic E-state index is 12.6. The van der Waals surface area contributed by atoms with Crippen LogP contribution in [-0.2, 0) is 10.0 Å². The standard InChI is InChI=1S/C20H22N2O4S/c1-4-14-22(15-5-2)20(23)16-10-12-17(13-11-16)27(24,25)21-18-8-6-7-9-19(18)26-3/h4-13,21H,1-2,14-15H2,3H3. The van der Waals surface area contributed by atoms with Gasteiger partial charge in [-0.2, -0.15) is 0 Å². The molecule has 0 radical (unpaired) electrons. The van der Waals surface area contributed by atoms with Crippen LogP contribution in [0.2, 0.25) is 0 Å². The van der Waals surface area contributed by atoms with E-state index in [0.29, 0.717) is 30.1 Å². The molecule has 0 saturated carbocycles. The number of sulfonamides is 1. The Labute approximate surface area is 159 Å². The van der Waals surface area contributed by atoms with Crippen LogP contribution < -0.4 is 9.46 Å². The smallest absolute Gasteiger partial charge is 0.262 e. The first-order valence-corrected chi connectivity index (χ1v) is 9.68. The van der Waals surface area contributed by atoms with Gasteiger partial charge in [-0.25, -0.2) is 8.42 Å². The van der Waals surface area contributed by atoms with Crippen LogP contribution in [0.3, 0.4) is 0 Å². The van der Waals surface area contributed by atoms with Crippen molar-refractivity contribution in [2.24, 2.45) is 0 Å². The number of rotatable bonds is 9. The van der Waals surface area contributed by atoms with Crippen molar-refractivity contribution in [2.75, 3.05) is 24.9 Å². The zero-order valence-electron chi connectivity index (χ0n) is 15.1. The predicted octanol–water partition coefficient (Wildman–Crippen LogP) is 3.31. The molecule has 0 aliphatic carbocycles. The first-order valence-electron chi connectivity index (χ1n) is 8.20. The number of anilines is 1. The molecule has 7 heteroatoms. The summed E-state index contributed by atoms with van der Waals surface area (Å²) in [5, 5.41) is 0. The van der Waals surface area contributed by atoms with Gasteiger partial charge in [-0.05, 0) is 36.4 Å². The van der Waals surface area contributed by atoms with Crippen LogP contribution in [0.4, 0.5) is 5.69 Å². The fraction of sp³-hybridized carbons (Fsp3) is 0.150. The number of para-hydroxylation sites is 2. The molecule has 6 nitrogen and oxygen atoms in total. The molecule has 0 bridgehead atoms. The lowest BCUT2D eigenvalue weighted by atomic mass is 10.2. The Balaban J connectivity index is 2.23. The molecule has 0 heterocycles. The van der Waals surface area contributed by atoms with Crippen LogP contribution in [0.15, 0.2) is 78.7 Å². The Hall–Kier alpha value is -3.06. The van der Waals surface area contributed by atoms with Crippen LogP contribution in [0.1, 0.15) is 10.4 Å². The van der Waals surface area contributed by atoms with Crippen LogP contribution in [-0.4, -0.2) is 39.4 Å². The SMILES string of the molecule is C=CCN(CC=C)C(=O)c1ccc(S(=O)(=O)Nc2ccccc2OC)cc1. The van der Waals surface area contributed by atoms with E-state index in [4.69, 9.17) is 4.74 Å². The number of benzene rings is 2. The second-order valence-corrected chi connectivity index (χ2v) is 7.30. The Kier molecular flexibility index (Phi) is 6.79. The summed E-state index contributed by atoms with van der Waals surface area (Å²) >= 11 is 0. The molecule has 2 rings (SSSR count). The zero-order valence-corrected chi connectivity index (χ0v) is 15.9. The molecule has 0 aromatic heterocycles. The van der Waals surface area contributed by atoms with E-state index in [1.807, 2.05) is 0 Å². The number of nitrogens with zero attached hydrogens (tertiary/aromatic N) is 1. The molecular formula is C20H22N2O4S. The topological polar surface area (TPSA) is 75.7 Å². The van der Waals surface area contributed by atoms with Crippen LogP contribution in [0, 0.1) is 0 Å². The molecule has 1 amide bonds. The summed E-state index contributed by atoms with van der Waals surface area (Å²) in [6.45, 7) is 8.02. The van der Waals surface area contributed by atoms with Gasteiger partial charge in [-0.15, -0.1) is 13.2 Å². The molecule has 2 aromatic carbocycles. The molecule has 0 atom stereocenters. The molecule has 2 aromatic rings. The van der Waals surface area contributed by atoms with E-state index in [9.17, 15) is 13.2 Å². The fourth-order valence-electron chi connectivity index (χ4n) is 2.44. The maximum Gasteiger partial charge on any atom is 0.262 e. The van der Waals surface area contributed by atoms with Gasteiger partial charge in [0.25, 0.3) is 15.9 Å². The highest BCUT2D eigenvalue weighted by Crippen LogP contribution is 2.26. The molecule has 27 heavy (non-hydrogen) atoms. The monoisotopic (exact) mass is 386 g/mol. The van der Waals surface area contributed by atoms with Crippen LogP contribution in [0.25, 0.3) is 0 Å². The summed E-state index contributed by atoms with van der Waals surface area (Å²) in [7, 11) is -2.35. The maximum absolute atomic E-state index is 12.6. The number of methoxy groups -OCH3 is 1. The average Bonchev–Trinajstić information content (AvgIpc) is 2.67. The summed E-state index contributed by atoms with van der Waals surface area (Å²) in [6.07, 6.45) is 3.24. The third-order valence-electron chi connectivity index (χ3n) is 3.75. The fourth-order valence-corrected chi connectivity index (χ4v) is 3.51. The minimum absolute atomic E-state index is 0.0453. The third kappa shape index (κ3) is 4.98. The summed E-state index contributed by atoms with van der Waals surface area (Å²) in [6, 6.07) is 12.5. The minimum Gasteiger partial charge on any atom is -0.495 e. The molecule has 0 saturated heterocycles. The van der Waals surface area contributed by atoms with Gasteiger partial charge in [0.2, 0.25) is 0 Å². The van der Waals surface area contributed by atoms with E-state index in [0.717, 1.165) is 0 Å². The van der Waals surface area contributed by atoms with Crippen molar-refractivity contribution in [1.29, 1.82) is 0 Å². The minimum atomic E-state index is -3.82. The van der Waals surface area contributed by atoms with E-state index < -0.39 is 10.0 Å². The normalized spacial score (nSPS) is 10.7. The second kappa shape index (κ2) is 9.05. The Morgan fingerprint density at radius 1 is 1.07 bits per heavy atom. The zero-order chi connectivity index (χ0) is 19.9. The molecule has 0 fully saturated rings. The van der Waals surface area contributed by atoms with E-state index in [2.05, 4.69) is 17.9 Å². The summed E-state index contributed by atoms with van der Waals surface area (Å²) in [4.78, 5) is 14.1. The lowest BCUT2D eigenvalue weighted by Crippen LogP contribution is -2.31. The molecule has 0 aliphatic rings. The van der Waals surface area contributed by atoms with Crippen molar-refractivity contribution in [2.45, 2.75) is 4.90 Å². The molecule has 142 valence electrons. The van der Waals surface area contributed by atoms with Crippen molar-refractivity contribution >= 4 is 21.6 Å². The van der Waals surface area contributed by atoms with Gasteiger partial charge in [0.15, 0.2) is 0 Å². The molecule has 0 unspecified atom stereocenters. The molecular weight excluding hydrogens is 364 g/mol. The Morgan fingerprint density at radius 3 is 2.22 bits per heavy atom. The number of nitrogens with one attached hydrogen (secondary N) is 1. The van der Waals surface area contributed by atoms with Crippen LogP contribution in [0.5, 0.6) is 5.75 Å². The van der Waals surface area contributed by atoms with E-state index in [1.54, 1.807) is 41.3 Å². The number of carbonyl (C=O) groups is 1. The number of hydrogen-bond donors (Lipinski definition) is 1. The molecule has 0 aliphatic heterocycles. The summed E-state index contributed by atoms with van der Waals surface area (Å²) < 4.78 is 32.9. The first kappa shape index (κ1) is 20.3. The van der Waals surface area contributed by atoms with Crippen LogP contribution >= 0.6 is 0 Å². The lowest BCUT2D eigenvalue weighted by molar-refractivity contribution is 0.0790. The van der Waals surface area contributed by atoms with Gasteiger partial charge in [0.1, 0.15) is 5.75 Å². The van der Waals surface area contributed by atoms with Crippen molar-refractivity contribution in [1.82, 2.24) is 4.90 Å². The number of hydrogen-bond acceptors (Lipinski definition) is 4. The molecule has 1 N–H and O–H groups in total. The Bertz CT molecular complexity index is 911. The Morgan fingerprint density at radius 2 is 1.67 bits per heavy atom. The van der Waals surface area contributed by atoms with Crippen molar-refractivity contribution in [3.63, 3.8) is 0 Å². The quantitative estimate of drug-likeness (QED) is 0.671. The van der Waals surface area contributed by atoms with Gasteiger partial charge in [0, 0.05) is 18.7 Å². The lowest BCUT2D eigenvalue weighted by Gasteiger charge is -2.19. The van der Waals surface area contributed by atoms with Gasteiger partial charge >= 0.3 is 0 Å². The van der Waals surface area contributed by atoms with Gasteiger partial charge in [-0.3, -0.25) is 9.52 Å². The highest BCUT2D eigenvalue weighted by molar-refractivity contribution is 7.92. The van der Waals surface area contributed by atoms with E-state index in [1.165, 1.54) is 31.4 Å². The first-order chi connectivity index (χ1) is 12.9. The second-order valence-electron chi connectivity index (χ2n) is 5.62. The van der Waals surface area contributed by atoms with E-state index >= 15 is 0 Å². The summed E-state index contributed by atoms with van der Waals surface area (Å²) in [5.74, 6) is 0.189. The van der Waals surface area contributed by atoms with Gasteiger partial charge < -0.3 is 9.64 Å². The third-order valence-corrected chi connectivity index (χ3v) is 5.13. The largest absolute Gasteiger partial charge is 0.495 e. The number of amides is 1. The van der Waals surface area contributed by atoms with Crippen molar-refractivity contribution in [3.05, 3.63) is 79.4 Å². The highest BCUT2D eigenvalue weighted by atomic mass is 32.2. The molecule has 0 spiro atoms. The summed E-state index contributed by atoms with van der Waals surface area (Å²) in [5.41, 5.74) is 0.721. The average molecular weight is 386 g/mol. The predicted molar refractivity (Wildman–Crippen MR) is 107 cm³/mol. The number of ether oxygens (including phenoxy) is 1. The van der Waals surface area contributed by atoms with E-state index in [-0.39, 0.29) is 10.8 Å².